The first-order valence-electron chi connectivity index (χ1n) is 9.66. The van der Waals surface area contributed by atoms with Crippen molar-refractivity contribution < 1.29 is 19.1 Å². The number of carbonyl (C=O) groups is 3. The summed E-state index contributed by atoms with van der Waals surface area (Å²) in [6.07, 6.45) is 0. The molecule has 4 rings (SSSR count). The van der Waals surface area contributed by atoms with E-state index in [-0.39, 0.29) is 11.8 Å². The Bertz CT molecular complexity index is 921. The smallest absolute Gasteiger partial charge is 0.330 e. The molecule has 0 bridgehead atoms. The Kier molecular flexibility index (Phi) is 4.61. The summed E-state index contributed by atoms with van der Waals surface area (Å²) >= 11 is 1.46. The van der Waals surface area contributed by atoms with Crippen LogP contribution in [-0.2, 0) is 19.1 Å². The number of hydrogen-bond donors (Lipinski definition) is 0. The summed E-state index contributed by atoms with van der Waals surface area (Å²) < 4.78 is 4.34. The highest BCUT2D eigenvalue weighted by molar-refractivity contribution is 8.01. The second kappa shape index (κ2) is 6.69. The van der Waals surface area contributed by atoms with E-state index in [9.17, 15) is 19.3 Å². The summed E-state index contributed by atoms with van der Waals surface area (Å²) in [6.45, 7) is 7.16. The fourth-order valence-corrected chi connectivity index (χ4v) is 6.47. The van der Waals surface area contributed by atoms with Crippen molar-refractivity contribution in [3.8, 4) is 0 Å². The summed E-state index contributed by atoms with van der Waals surface area (Å²) in [4.78, 5) is 53.8. The number of benzene rings is 1. The Morgan fingerprint density at radius 3 is 2.30 bits per heavy atom. The summed E-state index contributed by atoms with van der Waals surface area (Å²) in [5, 5.41) is 3.96. The van der Waals surface area contributed by atoms with Crippen LogP contribution in [0.1, 0.15) is 39.3 Å². The van der Waals surface area contributed by atoms with Crippen LogP contribution in [0.5, 0.6) is 0 Å². The molecule has 160 valence electrons. The van der Waals surface area contributed by atoms with Gasteiger partial charge < -0.3 is 14.5 Å². The number of amides is 2. The van der Waals surface area contributed by atoms with E-state index in [1.807, 2.05) is 19.9 Å². The van der Waals surface area contributed by atoms with Crippen LogP contribution in [0.15, 0.2) is 35.6 Å². The van der Waals surface area contributed by atoms with Crippen molar-refractivity contribution in [1.29, 1.82) is 0 Å². The first-order valence-corrected chi connectivity index (χ1v) is 10.5. The molecule has 1 aromatic rings. The SMILES string of the molecule is COC(=O)[C@@H]1N2C(=O)C(N3C(=O)C(c4ccccc4)N(N=O)C3(C)C)[C@H]2SC1(C)C. The van der Waals surface area contributed by atoms with Crippen LogP contribution < -0.4 is 0 Å². The summed E-state index contributed by atoms with van der Waals surface area (Å²) in [5.74, 6) is -1.16. The van der Waals surface area contributed by atoms with Gasteiger partial charge in [-0.25, -0.2) is 9.80 Å². The highest BCUT2D eigenvalue weighted by Crippen LogP contribution is 2.55. The van der Waals surface area contributed by atoms with Crippen molar-refractivity contribution in [3.63, 3.8) is 0 Å². The summed E-state index contributed by atoms with van der Waals surface area (Å²) in [7, 11) is 1.29. The van der Waals surface area contributed by atoms with Gasteiger partial charge in [0.2, 0.25) is 5.91 Å². The fourth-order valence-electron chi connectivity index (χ4n) is 4.80. The monoisotopic (exact) mass is 432 g/mol. The van der Waals surface area contributed by atoms with Gasteiger partial charge in [0, 0.05) is 4.75 Å². The molecular weight excluding hydrogens is 408 g/mol. The largest absolute Gasteiger partial charge is 0.467 e. The molecule has 0 aliphatic carbocycles. The third kappa shape index (κ3) is 2.59. The van der Waals surface area contributed by atoms with Gasteiger partial charge in [-0.2, -0.15) is 0 Å². The van der Waals surface area contributed by atoms with E-state index in [0.29, 0.717) is 5.56 Å². The van der Waals surface area contributed by atoms with Gasteiger partial charge in [0.1, 0.15) is 23.1 Å². The molecule has 0 aromatic heterocycles. The summed E-state index contributed by atoms with van der Waals surface area (Å²) in [6, 6.07) is 6.49. The topological polar surface area (TPSA) is 99.6 Å². The van der Waals surface area contributed by atoms with Crippen molar-refractivity contribution in [3.05, 3.63) is 40.8 Å². The van der Waals surface area contributed by atoms with Crippen molar-refractivity contribution in [1.82, 2.24) is 14.8 Å². The van der Waals surface area contributed by atoms with Crippen LogP contribution in [0.25, 0.3) is 0 Å². The Morgan fingerprint density at radius 1 is 1.10 bits per heavy atom. The molecule has 30 heavy (non-hydrogen) atoms. The molecule has 0 N–H and O–H groups in total. The number of β-lactam (4-membered cyclic amide) rings is 1. The molecule has 10 heteroatoms. The zero-order valence-electron chi connectivity index (χ0n) is 17.4. The van der Waals surface area contributed by atoms with Crippen LogP contribution in [0.3, 0.4) is 0 Å². The predicted molar refractivity (Wildman–Crippen MR) is 110 cm³/mol. The quantitative estimate of drug-likeness (QED) is 0.407. The summed E-state index contributed by atoms with van der Waals surface area (Å²) in [5.41, 5.74) is -0.479. The minimum atomic E-state index is -1.11. The lowest BCUT2D eigenvalue weighted by Gasteiger charge is -2.50. The molecule has 3 aliphatic heterocycles. The minimum absolute atomic E-state index is 0.325. The number of carbonyl (C=O) groups excluding carboxylic acids is 3. The van der Waals surface area contributed by atoms with Gasteiger partial charge in [0.15, 0.2) is 6.04 Å². The van der Waals surface area contributed by atoms with Gasteiger partial charge >= 0.3 is 5.97 Å². The van der Waals surface area contributed by atoms with Crippen LogP contribution >= 0.6 is 11.8 Å². The molecule has 9 nitrogen and oxygen atoms in total. The van der Waals surface area contributed by atoms with E-state index >= 15 is 0 Å². The number of nitrogens with zero attached hydrogens (tertiary/aromatic N) is 4. The van der Waals surface area contributed by atoms with E-state index in [1.165, 1.54) is 33.7 Å². The number of esters is 1. The van der Waals surface area contributed by atoms with Gasteiger partial charge in [0.05, 0.1) is 12.4 Å². The van der Waals surface area contributed by atoms with E-state index in [1.54, 1.807) is 38.1 Å². The molecule has 3 aliphatic rings. The van der Waals surface area contributed by atoms with Crippen molar-refractivity contribution >= 4 is 29.5 Å². The zero-order valence-corrected chi connectivity index (χ0v) is 18.3. The number of fused-ring (bicyclic) bond motifs is 1. The van der Waals surface area contributed by atoms with Crippen molar-refractivity contribution in [2.24, 2.45) is 5.29 Å². The molecule has 0 spiro atoms. The number of nitroso groups, excluding NO2 is 1. The Morgan fingerprint density at radius 2 is 1.73 bits per heavy atom. The van der Waals surface area contributed by atoms with Gasteiger partial charge in [0.25, 0.3) is 5.91 Å². The first kappa shape index (κ1) is 20.6. The Labute approximate surface area is 178 Å². The molecule has 3 saturated heterocycles. The van der Waals surface area contributed by atoms with Gasteiger partial charge in [-0.1, -0.05) is 30.3 Å². The molecule has 4 atom stereocenters. The molecular formula is C20H24N4O5S. The van der Waals surface area contributed by atoms with E-state index in [0.717, 1.165) is 0 Å². The second-order valence-corrected chi connectivity index (χ2v) is 10.4. The molecule has 1 aromatic carbocycles. The van der Waals surface area contributed by atoms with Crippen molar-refractivity contribution in [2.45, 2.75) is 61.6 Å². The third-order valence-corrected chi connectivity index (χ3v) is 7.74. The standard InChI is InChI=1S/C20H24N4O5S/c1-19(2)14(18(27)29-5)22-15(25)13(17(22)30-19)23-16(26)12(11-9-7-6-8-10-11)24(21-28)20(23,3)4/h6-10,12-14,17H,1-5H3/t12?,13?,14-,17+/m0/s1. The average molecular weight is 433 g/mol. The Hall–Kier alpha value is -2.62. The maximum absolute atomic E-state index is 13.5. The zero-order chi connectivity index (χ0) is 22.0. The normalized spacial score (nSPS) is 31.4. The van der Waals surface area contributed by atoms with E-state index in [2.05, 4.69) is 5.29 Å². The van der Waals surface area contributed by atoms with E-state index in [4.69, 9.17) is 4.74 Å². The van der Waals surface area contributed by atoms with Crippen LogP contribution in [0, 0.1) is 4.91 Å². The van der Waals surface area contributed by atoms with Gasteiger partial charge in [-0.15, -0.1) is 16.7 Å². The second-order valence-electron chi connectivity index (χ2n) is 8.67. The number of rotatable bonds is 4. The highest BCUT2D eigenvalue weighted by atomic mass is 32.2. The lowest BCUT2D eigenvalue weighted by molar-refractivity contribution is -0.173. The maximum atomic E-state index is 13.5. The highest BCUT2D eigenvalue weighted by Gasteiger charge is 2.70. The van der Waals surface area contributed by atoms with Crippen LogP contribution in [0.2, 0.25) is 0 Å². The molecule has 0 saturated carbocycles. The molecule has 2 unspecified atom stereocenters. The average Bonchev–Trinajstić information content (AvgIpc) is 3.07. The molecule has 3 heterocycles. The molecule has 2 amide bonds. The third-order valence-electron chi connectivity index (χ3n) is 6.18. The number of hydrogen-bond acceptors (Lipinski definition) is 7. The van der Waals surface area contributed by atoms with Gasteiger partial charge in [-0.05, 0) is 33.3 Å². The van der Waals surface area contributed by atoms with E-state index < -0.39 is 39.9 Å². The number of ether oxygens (including phenoxy) is 1. The Balaban J connectivity index is 1.71. The molecule has 0 radical (unpaired) electrons. The predicted octanol–water partition coefficient (Wildman–Crippen LogP) is 1.89. The lowest BCUT2D eigenvalue weighted by atomic mass is 9.94. The van der Waals surface area contributed by atoms with Crippen molar-refractivity contribution in [2.75, 3.05) is 7.11 Å². The van der Waals surface area contributed by atoms with Crippen LogP contribution in [0.4, 0.5) is 0 Å². The number of methoxy groups -OCH3 is 1. The lowest BCUT2D eigenvalue weighted by Crippen LogP contribution is -2.73. The van der Waals surface area contributed by atoms with Gasteiger partial charge in [-0.3, -0.25) is 9.59 Å². The number of thioether (sulfide) groups is 1. The maximum Gasteiger partial charge on any atom is 0.330 e. The minimum Gasteiger partial charge on any atom is -0.467 e. The van der Waals surface area contributed by atoms with Crippen LogP contribution in [-0.4, -0.2) is 67.6 Å². The first-order chi connectivity index (χ1) is 14.1. The molecule has 3 fully saturated rings. The fraction of sp³-hybridized carbons (Fsp3) is 0.550.